The Labute approximate surface area is 78.0 Å². The second-order valence-corrected chi connectivity index (χ2v) is 4.34. The van der Waals surface area contributed by atoms with Crippen molar-refractivity contribution in [2.24, 2.45) is 17.8 Å². The first-order valence-corrected chi connectivity index (χ1v) is 4.94. The molecule has 4 atom stereocenters. The zero-order chi connectivity index (χ0) is 8.55. The number of hydrogen-bond donors (Lipinski definition) is 0. The molecule has 0 aromatic carbocycles. The molecule has 0 bridgehead atoms. The topological polar surface area (TPSA) is 23.8 Å². The van der Waals surface area contributed by atoms with Gasteiger partial charge in [0.1, 0.15) is 0 Å². The van der Waals surface area contributed by atoms with Gasteiger partial charge in [0.15, 0.2) is 0 Å². The Morgan fingerprint density at radius 2 is 2.42 bits per heavy atom. The van der Waals surface area contributed by atoms with Gasteiger partial charge in [0, 0.05) is 11.8 Å². The number of rotatable bonds is 1. The maximum Gasteiger partial charge on any atom is 0.0624 e. The number of halogens is 1. The van der Waals surface area contributed by atoms with Gasteiger partial charge < -0.3 is 0 Å². The minimum Gasteiger partial charge on any atom is -0.198 e. The van der Waals surface area contributed by atoms with Gasteiger partial charge in [-0.3, -0.25) is 0 Å². The van der Waals surface area contributed by atoms with E-state index in [1.165, 1.54) is 0 Å². The number of nitrogens with zero attached hydrogens (tertiary/aromatic N) is 1. The van der Waals surface area contributed by atoms with Crippen LogP contribution in [0.25, 0.3) is 0 Å². The molecule has 0 heterocycles. The number of nitriles is 1. The maximum atomic E-state index is 8.62. The van der Waals surface area contributed by atoms with Crippen LogP contribution in [0.15, 0.2) is 12.2 Å². The highest BCUT2D eigenvalue weighted by atomic mass is 35.5. The lowest BCUT2D eigenvalue weighted by atomic mass is 9.89. The average molecular weight is 182 g/mol. The lowest BCUT2D eigenvalue weighted by Crippen LogP contribution is -2.10. The third kappa shape index (κ3) is 1.15. The van der Waals surface area contributed by atoms with Crippen LogP contribution in [-0.4, -0.2) is 5.38 Å². The summed E-state index contributed by atoms with van der Waals surface area (Å²) < 4.78 is 0. The van der Waals surface area contributed by atoms with Gasteiger partial charge in [0.05, 0.1) is 6.07 Å². The summed E-state index contributed by atoms with van der Waals surface area (Å²) in [6.07, 6.45) is 7.31. The molecular weight excluding hydrogens is 170 g/mol. The van der Waals surface area contributed by atoms with E-state index in [1.54, 1.807) is 0 Å². The number of fused-ring (bicyclic) bond motifs is 1. The van der Waals surface area contributed by atoms with Crippen LogP contribution < -0.4 is 0 Å². The smallest absolute Gasteiger partial charge is 0.0624 e. The fourth-order valence-electron chi connectivity index (χ4n) is 2.56. The quantitative estimate of drug-likeness (QED) is 0.451. The maximum absolute atomic E-state index is 8.62. The highest BCUT2D eigenvalue weighted by molar-refractivity contribution is 6.21. The highest BCUT2D eigenvalue weighted by Gasteiger charge is 2.42. The monoisotopic (exact) mass is 181 g/mol. The molecule has 0 N–H and O–H groups in total. The molecule has 12 heavy (non-hydrogen) atoms. The Kier molecular flexibility index (Phi) is 2.11. The van der Waals surface area contributed by atoms with E-state index in [1.807, 2.05) is 0 Å². The number of hydrogen-bond acceptors (Lipinski definition) is 1. The van der Waals surface area contributed by atoms with Gasteiger partial charge in [0.25, 0.3) is 0 Å². The molecule has 0 saturated heterocycles. The first-order chi connectivity index (χ1) is 5.83. The first-order valence-electron chi connectivity index (χ1n) is 4.50. The van der Waals surface area contributed by atoms with E-state index < -0.39 is 0 Å². The van der Waals surface area contributed by atoms with Crippen LogP contribution in [0.1, 0.15) is 19.3 Å². The average Bonchev–Trinajstić information content (AvgIpc) is 2.58. The number of alkyl halides is 1. The minimum atomic E-state index is 0.284. The van der Waals surface area contributed by atoms with Gasteiger partial charge in [-0.15, -0.1) is 11.6 Å². The van der Waals surface area contributed by atoms with Crippen molar-refractivity contribution in [1.82, 2.24) is 0 Å². The molecule has 1 nitrogen and oxygen atoms in total. The molecule has 0 aliphatic heterocycles. The molecule has 2 aliphatic rings. The molecule has 0 aromatic rings. The summed E-state index contributed by atoms with van der Waals surface area (Å²) in [5, 5.41) is 8.90. The molecule has 0 radical (unpaired) electrons. The van der Waals surface area contributed by atoms with E-state index in [0.717, 1.165) is 12.8 Å². The van der Waals surface area contributed by atoms with Crippen LogP contribution in [0.2, 0.25) is 0 Å². The zero-order valence-corrected chi connectivity index (χ0v) is 7.67. The van der Waals surface area contributed by atoms with E-state index in [0.29, 0.717) is 24.2 Å². The van der Waals surface area contributed by atoms with E-state index >= 15 is 0 Å². The van der Waals surface area contributed by atoms with Gasteiger partial charge in [-0.1, -0.05) is 12.2 Å². The van der Waals surface area contributed by atoms with E-state index in [2.05, 4.69) is 18.2 Å². The summed E-state index contributed by atoms with van der Waals surface area (Å²) in [5.41, 5.74) is 0. The predicted molar refractivity (Wildman–Crippen MR) is 48.7 cm³/mol. The largest absolute Gasteiger partial charge is 0.198 e. The third-order valence-electron chi connectivity index (χ3n) is 3.17. The third-order valence-corrected chi connectivity index (χ3v) is 3.63. The molecule has 0 aromatic heterocycles. The van der Waals surface area contributed by atoms with Crippen LogP contribution in [0.3, 0.4) is 0 Å². The molecule has 4 unspecified atom stereocenters. The van der Waals surface area contributed by atoms with Gasteiger partial charge >= 0.3 is 0 Å². The molecule has 1 saturated carbocycles. The Morgan fingerprint density at radius 1 is 1.58 bits per heavy atom. The first kappa shape index (κ1) is 8.13. The van der Waals surface area contributed by atoms with Crippen molar-refractivity contribution in [3.05, 3.63) is 12.2 Å². The highest BCUT2D eigenvalue weighted by Crippen LogP contribution is 2.47. The minimum absolute atomic E-state index is 0.284. The van der Waals surface area contributed by atoms with Gasteiger partial charge in [-0.2, -0.15) is 5.26 Å². The predicted octanol–water partition coefficient (Wildman–Crippen LogP) is 2.72. The summed E-state index contributed by atoms with van der Waals surface area (Å²) in [7, 11) is 0. The van der Waals surface area contributed by atoms with Crippen LogP contribution in [-0.2, 0) is 0 Å². The molecule has 2 aliphatic carbocycles. The second-order valence-electron chi connectivity index (χ2n) is 3.78. The Morgan fingerprint density at radius 3 is 3.17 bits per heavy atom. The van der Waals surface area contributed by atoms with Gasteiger partial charge in [0.2, 0.25) is 0 Å². The lowest BCUT2D eigenvalue weighted by molar-refractivity contribution is 0.373. The van der Waals surface area contributed by atoms with Crippen molar-refractivity contribution in [2.75, 3.05) is 0 Å². The van der Waals surface area contributed by atoms with E-state index in [-0.39, 0.29) is 5.38 Å². The SMILES string of the molecule is N#CCC1CC(Cl)C2C=CCC12. The van der Waals surface area contributed by atoms with Crippen molar-refractivity contribution < 1.29 is 0 Å². The summed E-state index contributed by atoms with van der Waals surface area (Å²) >= 11 is 6.18. The fourth-order valence-corrected chi connectivity index (χ4v) is 3.06. The van der Waals surface area contributed by atoms with Gasteiger partial charge in [-0.05, 0) is 30.6 Å². The Balaban J connectivity index is 2.08. The van der Waals surface area contributed by atoms with Crippen molar-refractivity contribution in [1.29, 1.82) is 5.26 Å². The molecule has 64 valence electrons. The standard InChI is InChI=1S/C10H12ClN/c11-10-6-7(4-5-12)8-2-1-3-9(8)10/h1,3,7-10H,2,4,6H2. The summed E-state index contributed by atoms with van der Waals surface area (Å²) in [5.74, 6) is 1.79. The van der Waals surface area contributed by atoms with Crippen molar-refractivity contribution in [3.63, 3.8) is 0 Å². The molecule has 0 spiro atoms. The van der Waals surface area contributed by atoms with Crippen molar-refractivity contribution in [3.8, 4) is 6.07 Å². The molecule has 0 amide bonds. The number of allylic oxidation sites excluding steroid dienone is 2. The lowest BCUT2D eigenvalue weighted by Gasteiger charge is -2.14. The van der Waals surface area contributed by atoms with Crippen molar-refractivity contribution >= 4 is 11.6 Å². The van der Waals surface area contributed by atoms with Crippen LogP contribution in [0.4, 0.5) is 0 Å². The summed E-state index contributed by atoms with van der Waals surface area (Å²) in [4.78, 5) is 0. The van der Waals surface area contributed by atoms with Crippen LogP contribution in [0.5, 0.6) is 0 Å². The Bertz CT molecular complexity index is 241. The van der Waals surface area contributed by atoms with Gasteiger partial charge in [-0.25, -0.2) is 0 Å². The fraction of sp³-hybridized carbons (Fsp3) is 0.700. The molecule has 2 rings (SSSR count). The zero-order valence-electron chi connectivity index (χ0n) is 6.91. The van der Waals surface area contributed by atoms with E-state index in [4.69, 9.17) is 16.9 Å². The summed E-state index contributed by atoms with van der Waals surface area (Å²) in [6.45, 7) is 0. The van der Waals surface area contributed by atoms with Crippen LogP contribution in [0, 0.1) is 29.1 Å². The molecule has 1 fully saturated rings. The van der Waals surface area contributed by atoms with E-state index in [9.17, 15) is 0 Å². The normalized spacial score (nSPS) is 44.3. The molecule has 2 heteroatoms. The Hall–Kier alpha value is -0.480. The molecular formula is C10H12ClN. The second kappa shape index (κ2) is 3.11. The summed E-state index contributed by atoms with van der Waals surface area (Å²) in [6, 6.07) is 2.26. The van der Waals surface area contributed by atoms with Crippen molar-refractivity contribution in [2.45, 2.75) is 24.6 Å². The van der Waals surface area contributed by atoms with Crippen LogP contribution >= 0.6 is 11.6 Å².